The van der Waals surface area contributed by atoms with E-state index in [1.54, 1.807) is 0 Å². The Kier molecular flexibility index (Phi) is 11.6. The number of nitrogens with zero attached hydrogens (tertiary/aromatic N) is 2. The summed E-state index contributed by atoms with van der Waals surface area (Å²) in [4.78, 5) is 80.7. The van der Waals surface area contributed by atoms with E-state index >= 15 is 0 Å². The average molecular weight is 685 g/mol. The average Bonchev–Trinajstić information content (AvgIpc) is 3.30. The van der Waals surface area contributed by atoms with Gasteiger partial charge in [-0.25, -0.2) is 4.79 Å². The zero-order valence-corrected chi connectivity index (χ0v) is 28.4. The first-order valence-corrected chi connectivity index (χ1v) is 16.5. The zero-order valence-electron chi connectivity index (χ0n) is 26.8. The van der Waals surface area contributed by atoms with Gasteiger partial charge in [-0.15, -0.1) is 0 Å². The molecule has 1 heterocycles. The van der Waals surface area contributed by atoms with Crippen LogP contribution in [0.4, 0.5) is 0 Å². The van der Waals surface area contributed by atoms with Gasteiger partial charge in [-0.05, 0) is 55.9 Å². The van der Waals surface area contributed by atoms with Crippen molar-refractivity contribution in [3.8, 4) is 0 Å². The number of carbonyl (C=O) groups excluding carboxylic acids is 5. The smallest absolute Gasteiger partial charge is 0.374 e. The quantitative estimate of drug-likeness (QED) is 0.131. The monoisotopic (exact) mass is 683 g/mol. The van der Waals surface area contributed by atoms with Gasteiger partial charge in [0, 0.05) is 24.0 Å². The summed E-state index contributed by atoms with van der Waals surface area (Å²) in [7, 11) is 1.81. The van der Waals surface area contributed by atoms with Crippen molar-refractivity contribution in [2.24, 2.45) is 13.0 Å². The van der Waals surface area contributed by atoms with E-state index in [1.807, 2.05) is 35.9 Å². The minimum atomic E-state index is -2.18. The predicted octanol–water partition coefficient (Wildman–Crippen LogP) is 5.83. The van der Waals surface area contributed by atoms with Gasteiger partial charge in [0.05, 0.1) is 22.0 Å². The first-order valence-electron chi connectivity index (χ1n) is 15.7. The van der Waals surface area contributed by atoms with Gasteiger partial charge >= 0.3 is 5.97 Å². The second-order valence-electron chi connectivity index (χ2n) is 12.5. The first kappa shape index (κ1) is 35.8. The van der Waals surface area contributed by atoms with Gasteiger partial charge in [-0.2, -0.15) is 0 Å². The molecule has 1 aliphatic carbocycles. The van der Waals surface area contributed by atoms with E-state index in [4.69, 9.17) is 23.2 Å². The molecule has 1 aromatic heterocycles. The molecule has 12 heteroatoms. The zero-order chi connectivity index (χ0) is 34.6. The SMILES string of the molecule is CC(C)Cc1c(C(=O)N(C2CCCCC2)[C@@H](C)C(=O)NC(C(=O)CC(=O)c2c(Cl)cccc2Cl)C(=O)C(=O)O)n(C)c2ccccc12. The molecule has 1 saturated carbocycles. The number of para-hydroxylation sites is 1. The van der Waals surface area contributed by atoms with E-state index in [0.29, 0.717) is 25.0 Å². The van der Waals surface area contributed by atoms with E-state index in [9.17, 15) is 33.9 Å². The molecule has 1 fully saturated rings. The number of aliphatic carboxylic acids is 1. The van der Waals surface area contributed by atoms with E-state index in [0.717, 1.165) is 35.7 Å². The van der Waals surface area contributed by atoms with Gasteiger partial charge < -0.3 is 19.9 Å². The first-order chi connectivity index (χ1) is 22.2. The summed E-state index contributed by atoms with van der Waals surface area (Å²) < 4.78 is 1.83. The summed E-state index contributed by atoms with van der Waals surface area (Å²) in [5.74, 6) is -6.61. The topological polar surface area (TPSA) is 143 Å². The number of halogens is 2. The van der Waals surface area contributed by atoms with Crippen molar-refractivity contribution in [3.05, 3.63) is 69.3 Å². The molecule has 250 valence electrons. The van der Waals surface area contributed by atoms with Crippen LogP contribution in [-0.4, -0.2) is 67.8 Å². The van der Waals surface area contributed by atoms with E-state index in [-0.39, 0.29) is 33.5 Å². The van der Waals surface area contributed by atoms with Crippen LogP contribution in [-0.2, 0) is 32.6 Å². The number of rotatable bonds is 13. The number of hydrogen-bond donors (Lipinski definition) is 2. The lowest BCUT2D eigenvalue weighted by Gasteiger charge is -2.38. The number of aryl methyl sites for hydroxylation is 1. The summed E-state index contributed by atoms with van der Waals surface area (Å²) in [6.45, 7) is 5.62. The van der Waals surface area contributed by atoms with Crippen molar-refractivity contribution in [1.29, 1.82) is 0 Å². The van der Waals surface area contributed by atoms with Crippen LogP contribution in [0.15, 0.2) is 42.5 Å². The maximum Gasteiger partial charge on any atom is 0.374 e. The number of Topliss-reactive ketones (excluding diaryl/α,β-unsaturated/α-hetero) is 3. The number of carbonyl (C=O) groups is 6. The molecule has 1 aliphatic rings. The lowest BCUT2D eigenvalue weighted by atomic mass is 9.92. The third-order valence-electron chi connectivity index (χ3n) is 8.68. The number of carboxylic acid groups (broad SMARTS) is 1. The van der Waals surface area contributed by atoms with Crippen LogP contribution in [0.5, 0.6) is 0 Å². The van der Waals surface area contributed by atoms with Crippen LogP contribution in [0.3, 0.4) is 0 Å². The molecule has 2 N–H and O–H groups in total. The Morgan fingerprint density at radius 2 is 1.55 bits per heavy atom. The molecule has 0 bridgehead atoms. The molecule has 0 aliphatic heterocycles. The molecule has 10 nitrogen and oxygen atoms in total. The van der Waals surface area contributed by atoms with Crippen LogP contribution in [0.1, 0.15) is 85.7 Å². The third kappa shape index (κ3) is 7.76. The van der Waals surface area contributed by atoms with Crippen LogP contribution in [0, 0.1) is 5.92 Å². The summed E-state index contributed by atoms with van der Waals surface area (Å²) in [6, 6.07) is 8.33. The number of benzene rings is 2. The second-order valence-corrected chi connectivity index (χ2v) is 13.3. The van der Waals surface area contributed by atoms with Crippen LogP contribution in [0.2, 0.25) is 10.0 Å². The second kappa shape index (κ2) is 15.3. The number of ketones is 3. The minimum absolute atomic E-state index is 0.0270. The fraction of sp³-hybridized carbons (Fsp3) is 0.429. The fourth-order valence-electron chi connectivity index (χ4n) is 6.42. The highest BCUT2D eigenvalue weighted by atomic mass is 35.5. The van der Waals surface area contributed by atoms with Gasteiger partial charge in [0.1, 0.15) is 11.7 Å². The molecule has 0 saturated heterocycles. The minimum Gasteiger partial charge on any atom is -0.475 e. The molecule has 2 atom stereocenters. The fourth-order valence-corrected chi connectivity index (χ4v) is 7.02. The highest BCUT2D eigenvalue weighted by Gasteiger charge is 2.40. The normalized spacial score (nSPS) is 14.9. The molecule has 4 rings (SSSR count). The molecule has 2 amide bonds. The third-order valence-corrected chi connectivity index (χ3v) is 9.31. The molecule has 47 heavy (non-hydrogen) atoms. The molecule has 3 aromatic rings. The molecular weight excluding hydrogens is 645 g/mol. The molecule has 2 aromatic carbocycles. The number of amides is 2. The lowest BCUT2D eigenvalue weighted by molar-refractivity contribution is -0.152. The Hall–Kier alpha value is -4.02. The molecule has 0 spiro atoms. The standard InChI is InChI=1S/C35H39Cl2N3O7/c1-19(2)17-23-22-13-8-9-16-26(22)39(4)31(23)34(45)40(21-11-6-5-7-12-21)20(3)33(44)38-30(32(43)35(46)47)28(42)18-27(41)29-24(36)14-10-15-25(29)37/h8-10,13-16,19-21,30H,5-7,11-12,17-18H2,1-4H3,(H,38,44)(H,46,47)/t20-,30?/m0/s1. The molecular formula is C35H39Cl2N3O7. The number of hydrogen-bond acceptors (Lipinski definition) is 6. The van der Waals surface area contributed by atoms with Crippen molar-refractivity contribution in [2.75, 3.05) is 0 Å². The van der Waals surface area contributed by atoms with Crippen LogP contribution < -0.4 is 5.32 Å². The number of nitrogens with one attached hydrogen (secondary N) is 1. The molecule has 1 unspecified atom stereocenters. The van der Waals surface area contributed by atoms with Gasteiger partial charge in [0.2, 0.25) is 5.91 Å². The Balaban J connectivity index is 1.69. The summed E-state index contributed by atoms with van der Waals surface area (Å²) in [5.41, 5.74) is 2.02. The van der Waals surface area contributed by atoms with Crippen molar-refractivity contribution in [2.45, 2.75) is 83.8 Å². The Bertz CT molecular complexity index is 1700. The Labute approximate surface area is 283 Å². The highest BCUT2D eigenvalue weighted by molar-refractivity contribution is 6.42. The van der Waals surface area contributed by atoms with Crippen molar-refractivity contribution in [3.63, 3.8) is 0 Å². The van der Waals surface area contributed by atoms with Crippen molar-refractivity contribution in [1.82, 2.24) is 14.8 Å². The van der Waals surface area contributed by atoms with E-state index in [1.165, 1.54) is 30.0 Å². The maximum absolute atomic E-state index is 14.6. The van der Waals surface area contributed by atoms with Crippen LogP contribution in [0.25, 0.3) is 10.9 Å². The lowest BCUT2D eigenvalue weighted by Crippen LogP contribution is -2.58. The van der Waals surface area contributed by atoms with Gasteiger partial charge in [-0.3, -0.25) is 24.0 Å². The highest BCUT2D eigenvalue weighted by Crippen LogP contribution is 2.32. The van der Waals surface area contributed by atoms with Crippen molar-refractivity contribution >= 4 is 69.2 Å². The van der Waals surface area contributed by atoms with Gasteiger partial charge in [0.15, 0.2) is 17.6 Å². The summed E-state index contributed by atoms with van der Waals surface area (Å²) in [6.07, 6.45) is 3.66. The summed E-state index contributed by atoms with van der Waals surface area (Å²) in [5, 5.41) is 12.6. The van der Waals surface area contributed by atoms with E-state index in [2.05, 4.69) is 19.2 Å². The largest absolute Gasteiger partial charge is 0.475 e. The van der Waals surface area contributed by atoms with Gasteiger partial charge in [0.25, 0.3) is 11.7 Å². The van der Waals surface area contributed by atoms with Crippen molar-refractivity contribution < 1.29 is 33.9 Å². The molecule has 0 radical (unpaired) electrons. The number of carboxylic acids is 1. The van der Waals surface area contributed by atoms with Gasteiger partial charge in [-0.1, -0.05) is 80.6 Å². The number of fused-ring (bicyclic) bond motifs is 1. The Morgan fingerprint density at radius 3 is 2.15 bits per heavy atom. The van der Waals surface area contributed by atoms with Crippen LogP contribution >= 0.6 is 23.2 Å². The summed E-state index contributed by atoms with van der Waals surface area (Å²) >= 11 is 12.2. The number of aromatic nitrogens is 1. The Morgan fingerprint density at radius 1 is 0.936 bits per heavy atom. The van der Waals surface area contributed by atoms with E-state index < -0.39 is 47.7 Å². The predicted molar refractivity (Wildman–Crippen MR) is 179 cm³/mol. The maximum atomic E-state index is 14.6.